The van der Waals surface area contributed by atoms with Crippen LogP contribution in [0.3, 0.4) is 0 Å². The Balaban J connectivity index is 1.87. The van der Waals surface area contributed by atoms with E-state index < -0.39 is 0 Å². The van der Waals surface area contributed by atoms with Crippen LogP contribution in [0.25, 0.3) is 11.4 Å². The summed E-state index contributed by atoms with van der Waals surface area (Å²) in [5.41, 5.74) is 0.807. The van der Waals surface area contributed by atoms with Crippen LogP contribution in [0, 0.1) is 0 Å². The maximum absolute atomic E-state index is 12.4. The summed E-state index contributed by atoms with van der Waals surface area (Å²) < 4.78 is 1.30. The Morgan fingerprint density at radius 1 is 1.19 bits per heavy atom. The monoisotopic (exact) mass is 389 g/mol. The summed E-state index contributed by atoms with van der Waals surface area (Å²) in [6.45, 7) is -0.128. The predicted octanol–water partition coefficient (Wildman–Crippen LogP) is 2.84. The summed E-state index contributed by atoms with van der Waals surface area (Å²) in [7, 11) is 1.55. The van der Waals surface area contributed by atoms with E-state index >= 15 is 0 Å². The molecule has 1 aromatic carbocycles. The van der Waals surface area contributed by atoms with E-state index in [0.29, 0.717) is 11.4 Å². The zero-order valence-corrected chi connectivity index (χ0v) is 15.1. The van der Waals surface area contributed by atoms with E-state index in [0.717, 1.165) is 0 Å². The Bertz CT molecular complexity index is 1000. The molecule has 0 unspecified atom stereocenters. The summed E-state index contributed by atoms with van der Waals surface area (Å²) >= 11 is 12.1. The standard InChI is InChI=1S/C17H13Cl2N5O2/c1-24-15(26)7-13(12-5-6-20-9-22-12)23-17(24)21-8-14(25)16-10(18)3-2-4-11(16)19/h2-7,9H,8H2,1H3,(H,21,23). The van der Waals surface area contributed by atoms with E-state index in [1.165, 1.54) is 17.0 Å². The second-order valence-electron chi connectivity index (χ2n) is 5.33. The van der Waals surface area contributed by atoms with Crippen molar-refractivity contribution < 1.29 is 4.79 Å². The van der Waals surface area contributed by atoms with Crippen LogP contribution < -0.4 is 10.9 Å². The number of rotatable bonds is 5. The molecule has 0 radical (unpaired) electrons. The lowest BCUT2D eigenvalue weighted by Crippen LogP contribution is -2.25. The topological polar surface area (TPSA) is 89.8 Å². The lowest BCUT2D eigenvalue weighted by Gasteiger charge is -2.12. The number of anilines is 1. The number of Topliss-reactive ketones (excluding diaryl/α,β-unsaturated/α-hetero) is 1. The SMILES string of the molecule is Cn1c(NCC(=O)c2c(Cl)cccc2Cl)nc(-c2ccncn2)cc1=O. The van der Waals surface area contributed by atoms with Gasteiger partial charge in [-0.05, 0) is 18.2 Å². The first-order chi connectivity index (χ1) is 12.5. The van der Waals surface area contributed by atoms with Gasteiger partial charge in [0.25, 0.3) is 5.56 Å². The zero-order chi connectivity index (χ0) is 18.7. The fourth-order valence-electron chi connectivity index (χ4n) is 2.28. The predicted molar refractivity (Wildman–Crippen MR) is 99.8 cm³/mol. The highest BCUT2D eigenvalue weighted by molar-refractivity contribution is 6.40. The van der Waals surface area contributed by atoms with Gasteiger partial charge in [-0.15, -0.1) is 0 Å². The largest absolute Gasteiger partial charge is 0.348 e. The van der Waals surface area contributed by atoms with Crippen LogP contribution in [-0.2, 0) is 7.05 Å². The summed E-state index contributed by atoms with van der Waals surface area (Å²) in [4.78, 5) is 36.9. The van der Waals surface area contributed by atoms with Crippen LogP contribution in [0.2, 0.25) is 10.0 Å². The van der Waals surface area contributed by atoms with Crippen molar-refractivity contribution in [2.45, 2.75) is 0 Å². The molecule has 2 heterocycles. The van der Waals surface area contributed by atoms with Crippen molar-refractivity contribution in [3.63, 3.8) is 0 Å². The first-order valence-electron chi connectivity index (χ1n) is 7.53. The van der Waals surface area contributed by atoms with E-state index in [4.69, 9.17) is 23.2 Å². The van der Waals surface area contributed by atoms with Crippen molar-refractivity contribution in [2.24, 2.45) is 7.05 Å². The van der Waals surface area contributed by atoms with Crippen molar-refractivity contribution in [1.29, 1.82) is 0 Å². The summed E-state index contributed by atoms with van der Waals surface area (Å²) in [5.74, 6) is -0.0927. The van der Waals surface area contributed by atoms with Gasteiger partial charge < -0.3 is 5.32 Å². The summed E-state index contributed by atoms with van der Waals surface area (Å²) in [6, 6.07) is 7.83. The normalized spacial score (nSPS) is 10.6. The van der Waals surface area contributed by atoms with E-state index in [1.54, 1.807) is 37.5 Å². The molecule has 0 aliphatic carbocycles. The molecule has 3 rings (SSSR count). The number of nitrogens with zero attached hydrogens (tertiary/aromatic N) is 4. The van der Waals surface area contributed by atoms with Gasteiger partial charge in [0.2, 0.25) is 5.95 Å². The lowest BCUT2D eigenvalue weighted by molar-refractivity contribution is 0.101. The lowest BCUT2D eigenvalue weighted by atomic mass is 10.1. The van der Waals surface area contributed by atoms with Gasteiger partial charge in [0.05, 0.1) is 33.5 Å². The van der Waals surface area contributed by atoms with E-state index in [1.807, 2.05) is 0 Å². The molecular formula is C17H13Cl2N5O2. The fourth-order valence-corrected chi connectivity index (χ4v) is 2.89. The molecule has 0 aliphatic rings. The van der Waals surface area contributed by atoms with E-state index in [9.17, 15) is 9.59 Å². The molecule has 0 saturated carbocycles. The first kappa shape index (κ1) is 18.0. The van der Waals surface area contributed by atoms with E-state index in [2.05, 4.69) is 20.3 Å². The van der Waals surface area contributed by atoms with Crippen molar-refractivity contribution >= 4 is 34.9 Å². The molecule has 0 amide bonds. The molecule has 2 aromatic heterocycles. The molecule has 0 bridgehead atoms. The molecule has 26 heavy (non-hydrogen) atoms. The van der Waals surface area contributed by atoms with Crippen molar-refractivity contribution in [1.82, 2.24) is 19.5 Å². The van der Waals surface area contributed by atoms with Gasteiger partial charge in [0.1, 0.15) is 6.33 Å². The van der Waals surface area contributed by atoms with Crippen LogP contribution in [0.15, 0.2) is 47.7 Å². The second-order valence-corrected chi connectivity index (χ2v) is 6.14. The minimum absolute atomic E-state index is 0.128. The highest BCUT2D eigenvalue weighted by Crippen LogP contribution is 2.24. The van der Waals surface area contributed by atoms with Gasteiger partial charge in [-0.1, -0.05) is 29.3 Å². The van der Waals surface area contributed by atoms with Gasteiger partial charge in [-0.2, -0.15) is 0 Å². The van der Waals surface area contributed by atoms with Gasteiger partial charge in [-0.25, -0.2) is 15.0 Å². The van der Waals surface area contributed by atoms with Crippen molar-refractivity contribution in [3.05, 3.63) is 68.8 Å². The molecule has 1 N–H and O–H groups in total. The summed E-state index contributed by atoms with van der Waals surface area (Å²) in [5, 5.41) is 3.39. The maximum Gasteiger partial charge on any atom is 0.255 e. The van der Waals surface area contributed by atoms with Crippen LogP contribution in [-0.4, -0.2) is 31.8 Å². The number of hydrogen-bond acceptors (Lipinski definition) is 6. The average Bonchev–Trinajstić information content (AvgIpc) is 2.63. The third-order valence-corrected chi connectivity index (χ3v) is 4.26. The molecule has 0 spiro atoms. The van der Waals surface area contributed by atoms with Gasteiger partial charge >= 0.3 is 0 Å². The number of hydrogen-bond donors (Lipinski definition) is 1. The van der Waals surface area contributed by atoms with E-state index in [-0.39, 0.29) is 39.4 Å². The Labute approximate surface area is 158 Å². The number of aromatic nitrogens is 4. The number of carbonyl (C=O) groups is 1. The molecule has 0 atom stereocenters. The Morgan fingerprint density at radius 2 is 1.92 bits per heavy atom. The van der Waals surface area contributed by atoms with Gasteiger partial charge in [0, 0.05) is 19.3 Å². The van der Waals surface area contributed by atoms with Gasteiger partial charge in [-0.3, -0.25) is 14.2 Å². The zero-order valence-electron chi connectivity index (χ0n) is 13.6. The smallest absolute Gasteiger partial charge is 0.255 e. The van der Waals surface area contributed by atoms with Crippen LogP contribution >= 0.6 is 23.2 Å². The number of halogens is 2. The Kier molecular flexibility index (Phi) is 5.29. The third kappa shape index (κ3) is 3.74. The number of ketones is 1. The molecule has 3 aromatic rings. The quantitative estimate of drug-likeness (QED) is 0.674. The van der Waals surface area contributed by atoms with Crippen molar-refractivity contribution in [2.75, 3.05) is 11.9 Å². The Hall–Kier alpha value is -2.77. The third-order valence-electron chi connectivity index (χ3n) is 3.63. The fraction of sp³-hybridized carbons (Fsp3) is 0.118. The van der Waals surface area contributed by atoms with Crippen LogP contribution in [0.5, 0.6) is 0 Å². The minimum atomic E-state index is -0.317. The molecule has 0 fully saturated rings. The highest BCUT2D eigenvalue weighted by Gasteiger charge is 2.16. The van der Waals surface area contributed by atoms with Crippen LogP contribution in [0.4, 0.5) is 5.95 Å². The number of carbonyl (C=O) groups excluding carboxylic acids is 1. The molecule has 7 nitrogen and oxygen atoms in total. The first-order valence-corrected chi connectivity index (χ1v) is 8.28. The molecule has 0 saturated heterocycles. The highest BCUT2D eigenvalue weighted by atomic mass is 35.5. The van der Waals surface area contributed by atoms with Crippen LogP contribution in [0.1, 0.15) is 10.4 Å². The van der Waals surface area contributed by atoms with Gasteiger partial charge in [0.15, 0.2) is 5.78 Å². The second kappa shape index (κ2) is 7.63. The van der Waals surface area contributed by atoms with Crippen molar-refractivity contribution in [3.8, 4) is 11.4 Å². The molecule has 132 valence electrons. The minimum Gasteiger partial charge on any atom is -0.348 e. The molecule has 0 aliphatic heterocycles. The average molecular weight is 390 g/mol. The summed E-state index contributed by atoms with van der Waals surface area (Å²) in [6.07, 6.45) is 2.92. The Morgan fingerprint density at radius 3 is 2.58 bits per heavy atom. The molecular weight excluding hydrogens is 377 g/mol. The number of benzene rings is 1. The number of nitrogens with one attached hydrogen (secondary N) is 1. The molecule has 9 heteroatoms. The maximum atomic E-state index is 12.4.